The van der Waals surface area contributed by atoms with Crippen LogP contribution in [0.15, 0.2) is 97.1 Å². The second kappa shape index (κ2) is 9.47. The Kier molecular flexibility index (Phi) is 6.10. The van der Waals surface area contributed by atoms with E-state index in [-0.39, 0.29) is 0 Å². The minimum atomic E-state index is 0.552. The molecule has 1 aliphatic rings. The van der Waals surface area contributed by atoms with Crippen LogP contribution in [0.1, 0.15) is 22.3 Å². The first-order valence-corrected chi connectivity index (χ1v) is 11.4. The van der Waals surface area contributed by atoms with Crippen molar-refractivity contribution in [3.8, 4) is 0 Å². The second-order valence-electron chi connectivity index (χ2n) is 8.60. The Bertz CT molecular complexity index is 1130. The van der Waals surface area contributed by atoms with E-state index in [9.17, 15) is 0 Å². The Morgan fingerprint density at radius 2 is 1.48 bits per heavy atom. The number of hydrogen-bond donors (Lipinski definition) is 1. The van der Waals surface area contributed by atoms with Crippen molar-refractivity contribution in [2.75, 3.05) is 13.1 Å². The molecule has 1 unspecified atom stereocenters. The number of rotatable bonds is 7. The smallest absolute Gasteiger partial charge is 0.0240 e. The average molecular weight is 407 g/mol. The van der Waals surface area contributed by atoms with Gasteiger partial charge in [-0.2, -0.15) is 0 Å². The summed E-state index contributed by atoms with van der Waals surface area (Å²) in [5.74, 6) is 0. The highest BCUT2D eigenvalue weighted by atomic mass is 15.2. The highest BCUT2D eigenvalue weighted by molar-refractivity contribution is 5.85. The molecule has 1 atom stereocenters. The van der Waals surface area contributed by atoms with Crippen molar-refractivity contribution < 1.29 is 0 Å². The van der Waals surface area contributed by atoms with Gasteiger partial charge in [-0.1, -0.05) is 97.1 Å². The van der Waals surface area contributed by atoms with Gasteiger partial charge < -0.3 is 5.32 Å². The summed E-state index contributed by atoms with van der Waals surface area (Å²) >= 11 is 0. The second-order valence-corrected chi connectivity index (χ2v) is 8.60. The first kappa shape index (κ1) is 20.0. The lowest BCUT2D eigenvalue weighted by molar-refractivity contribution is 0.170. The molecule has 1 aliphatic heterocycles. The van der Waals surface area contributed by atoms with E-state index in [4.69, 9.17) is 0 Å². The standard InChI is InChI=1S/C29H30N2/c1-2-9-23(10-3-1)19-28-20-25-12-4-5-13-27(25)22-31(28)18-17-30-21-26-15-8-14-24-11-6-7-16-29(24)26/h1-16,28,30H,17-22H2. The Morgan fingerprint density at radius 3 is 2.39 bits per heavy atom. The lowest BCUT2D eigenvalue weighted by Crippen LogP contribution is -2.44. The SMILES string of the molecule is c1ccc(CC2Cc3ccccc3CN2CCNCc2cccc3ccccc23)cc1. The van der Waals surface area contributed by atoms with Gasteiger partial charge in [0.25, 0.3) is 0 Å². The average Bonchev–Trinajstić information content (AvgIpc) is 2.82. The fourth-order valence-electron chi connectivity index (χ4n) is 4.88. The van der Waals surface area contributed by atoms with Gasteiger partial charge in [0.15, 0.2) is 0 Å². The zero-order valence-electron chi connectivity index (χ0n) is 18.0. The van der Waals surface area contributed by atoms with E-state index < -0.39 is 0 Å². The normalized spacial score (nSPS) is 16.3. The molecule has 31 heavy (non-hydrogen) atoms. The predicted octanol–water partition coefficient (Wildman–Crippen LogP) is 5.60. The van der Waals surface area contributed by atoms with Gasteiger partial charge in [-0.15, -0.1) is 0 Å². The van der Waals surface area contributed by atoms with Gasteiger partial charge >= 0.3 is 0 Å². The van der Waals surface area contributed by atoms with Crippen molar-refractivity contribution in [2.24, 2.45) is 0 Å². The molecule has 2 heteroatoms. The third-order valence-corrected chi connectivity index (χ3v) is 6.55. The first-order valence-electron chi connectivity index (χ1n) is 11.4. The van der Waals surface area contributed by atoms with E-state index in [1.165, 1.54) is 33.0 Å². The highest BCUT2D eigenvalue weighted by Crippen LogP contribution is 2.25. The van der Waals surface area contributed by atoms with Crippen molar-refractivity contribution >= 4 is 10.8 Å². The molecule has 1 N–H and O–H groups in total. The third-order valence-electron chi connectivity index (χ3n) is 6.55. The molecule has 0 amide bonds. The molecule has 2 nitrogen and oxygen atoms in total. The van der Waals surface area contributed by atoms with E-state index in [0.29, 0.717) is 6.04 Å². The van der Waals surface area contributed by atoms with Gasteiger partial charge in [-0.25, -0.2) is 0 Å². The molecule has 0 saturated heterocycles. The summed E-state index contributed by atoms with van der Waals surface area (Å²) < 4.78 is 0. The monoisotopic (exact) mass is 406 g/mol. The highest BCUT2D eigenvalue weighted by Gasteiger charge is 2.25. The Morgan fingerprint density at radius 1 is 0.742 bits per heavy atom. The van der Waals surface area contributed by atoms with Crippen molar-refractivity contribution in [1.29, 1.82) is 0 Å². The largest absolute Gasteiger partial charge is 0.311 e. The van der Waals surface area contributed by atoms with Gasteiger partial charge in [0.2, 0.25) is 0 Å². The van der Waals surface area contributed by atoms with E-state index >= 15 is 0 Å². The molecule has 0 fully saturated rings. The summed E-state index contributed by atoms with van der Waals surface area (Å²) in [7, 11) is 0. The zero-order valence-corrected chi connectivity index (χ0v) is 18.0. The first-order chi connectivity index (χ1) is 15.4. The van der Waals surface area contributed by atoms with Gasteiger partial charge in [0.05, 0.1) is 0 Å². The van der Waals surface area contributed by atoms with Crippen molar-refractivity contribution in [1.82, 2.24) is 10.2 Å². The molecule has 5 rings (SSSR count). The molecule has 0 radical (unpaired) electrons. The summed E-state index contributed by atoms with van der Waals surface area (Å²) in [4.78, 5) is 2.67. The number of benzene rings is 4. The minimum absolute atomic E-state index is 0.552. The number of hydrogen-bond acceptors (Lipinski definition) is 2. The van der Waals surface area contributed by atoms with Crippen LogP contribution >= 0.6 is 0 Å². The number of nitrogens with one attached hydrogen (secondary N) is 1. The minimum Gasteiger partial charge on any atom is -0.311 e. The van der Waals surface area contributed by atoms with Gasteiger partial charge in [0, 0.05) is 32.2 Å². The summed E-state index contributed by atoms with van der Waals surface area (Å²) in [6, 6.07) is 35.7. The molecular weight excluding hydrogens is 376 g/mol. The Balaban J connectivity index is 1.25. The van der Waals surface area contributed by atoms with Gasteiger partial charge in [-0.3, -0.25) is 4.90 Å². The molecule has 0 spiro atoms. The summed E-state index contributed by atoms with van der Waals surface area (Å²) in [5, 5.41) is 6.38. The van der Waals surface area contributed by atoms with Crippen LogP contribution in [0.2, 0.25) is 0 Å². The van der Waals surface area contributed by atoms with Crippen molar-refractivity contribution in [3.05, 3.63) is 119 Å². The number of fused-ring (bicyclic) bond motifs is 2. The molecule has 0 aromatic heterocycles. The summed E-state index contributed by atoms with van der Waals surface area (Å²) in [5.41, 5.74) is 5.81. The predicted molar refractivity (Wildman–Crippen MR) is 130 cm³/mol. The quantitative estimate of drug-likeness (QED) is 0.402. The van der Waals surface area contributed by atoms with E-state index in [2.05, 4.69) is 107 Å². The fraction of sp³-hybridized carbons (Fsp3) is 0.241. The van der Waals surface area contributed by atoms with Crippen molar-refractivity contribution in [3.63, 3.8) is 0 Å². The molecule has 1 heterocycles. The van der Waals surface area contributed by atoms with Crippen LogP contribution in [0.4, 0.5) is 0 Å². The van der Waals surface area contributed by atoms with Crippen LogP contribution in [0, 0.1) is 0 Å². The van der Waals surface area contributed by atoms with Crippen LogP contribution in [0.25, 0.3) is 10.8 Å². The zero-order chi connectivity index (χ0) is 20.9. The lowest BCUT2D eigenvalue weighted by atomic mass is 9.90. The van der Waals surface area contributed by atoms with Crippen LogP contribution in [0.3, 0.4) is 0 Å². The number of nitrogens with zero attached hydrogens (tertiary/aromatic N) is 1. The molecule has 156 valence electrons. The topological polar surface area (TPSA) is 15.3 Å². The maximum Gasteiger partial charge on any atom is 0.0240 e. The molecule has 0 bridgehead atoms. The summed E-state index contributed by atoms with van der Waals surface area (Å²) in [6.45, 7) is 4.02. The maximum atomic E-state index is 3.71. The molecule has 4 aromatic rings. The van der Waals surface area contributed by atoms with E-state index in [1.807, 2.05) is 0 Å². The van der Waals surface area contributed by atoms with Gasteiger partial charge in [-0.05, 0) is 45.9 Å². The molecule has 0 aliphatic carbocycles. The van der Waals surface area contributed by atoms with E-state index in [0.717, 1.165) is 39.0 Å². The Labute approximate surface area is 185 Å². The van der Waals surface area contributed by atoms with Crippen LogP contribution in [-0.4, -0.2) is 24.0 Å². The molecular formula is C29H30N2. The van der Waals surface area contributed by atoms with Crippen LogP contribution in [-0.2, 0) is 25.9 Å². The van der Waals surface area contributed by atoms with Crippen molar-refractivity contribution in [2.45, 2.75) is 32.0 Å². The summed E-state index contributed by atoms with van der Waals surface area (Å²) in [6.07, 6.45) is 2.24. The van der Waals surface area contributed by atoms with E-state index in [1.54, 1.807) is 0 Å². The fourth-order valence-corrected chi connectivity index (χ4v) is 4.88. The van der Waals surface area contributed by atoms with Crippen LogP contribution < -0.4 is 5.32 Å². The molecule has 4 aromatic carbocycles. The molecule has 0 saturated carbocycles. The Hall–Kier alpha value is -2.94. The van der Waals surface area contributed by atoms with Gasteiger partial charge in [0.1, 0.15) is 0 Å². The lowest BCUT2D eigenvalue weighted by Gasteiger charge is -2.37. The maximum absolute atomic E-state index is 3.71. The third kappa shape index (κ3) is 4.71. The van der Waals surface area contributed by atoms with Crippen LogP contribution in [0.5, 0.6) is 0 Å².